The Hall–Kier alpha value is -1.61. The second-order valence-electron chi connectivity index (χ2n) is 5.35. The molecule has 0 saturated heterocycles. The van der Waals surface area contributed by atoms with Crippen molar-refractivity contribution in [2.24, 2.45) is 0 Å². The van der Waals surface area contributed by atoms with Crippen molar-refractivity contribution < 1.29 is 9.53 Å². The van der Waals surface area contributed by atoms with E-state index in [4.69, 9.17) is 4.74 Å². The molecule has 0 aromatic heterocycles. The minimum absolute atomic E-state index is 0.257. The van der Waals surface area contributed by atoms with Crippen LogP contribution in [0, 0.1) is 0 Å². The van der Waals surface area contributed by atoms with Crippen LogP contribution in [0.25, 0.3) is 6.08 Å². The number of esters is 1. The van der Waals surface area contributed by atoms with Gasteiger partial charge < -0.3 is 9.64 Å². The van der Waals surface area contributed by atoms with Gasteiger partial charge in [0.2, 0.25) is 0 Å². The number of hydrogen-bond donors (Lipinski definition) is 0. The van der Waals surface area contributed by atoms with E-state index >= 15 is 0 Å². The molecule has 0 unspecified atom stereocenters. The second kappa shape index (κ2) is 12.0. The zero-order valence-electron chi connectivity index (χ0n) is 14.0. The van der Waals surface area contributed by atoms with Crippen LogP contribution in [-0.4, -0.2) is 37.1 Å². The Morgan fingerprint density at radius 3 is 2.41 bits per heavy atom. The number of ether oxygens (including phenoxy) is 1. The summed E-state index contributed by atoms with van der Waals surface area (Å²) in [6.45, 7) is 8.34. The molecule has 1 aromatic rings. The smallest absolute Gasteiger partial charge is 0.330 e. The molecule has 0 aliphatic rings. The fraction of sp³-hybridized carbons (Fsp3) is 0.526. The fourth-order valence-electron chi connectivity index (χ4n) is 2.28. The third-order valence-corrected chi connectivity index (χ3v) is 3.72. The van der Waals surface area contributed by atoms with Crippen molar-refractivity contribution in [2.45, 2.75) is 39.5 Å². The minimum Gasteiger partial charge on any atom is -0.463 e. The molecule has 3 heteroatoms. The number of nitrogens with zero attached hydrogens (tertiary/aromatic N) is 1. The van der Waals surface area contributed by atoms with E-state index in [9.17, 15) is 4.79 Å². The molecule has 0 saturated carbocycles. The Kier molecular flexibility index (Phi) is 10.0. The molecule has 0 atom stereocenters. The summed E-state index contributed by atoms with van der Waals surface area (Å²) in [5.74, 6) is -0.257. The third-order valence-electron chi connectivity index (χ3n) is 3.72. The molecule has 1 aromatic carbocycles. The maximum Gasteiger partial charge on any atom is 0.330 e. The zero-order valence-corrected chi connectivity index (χ0v) is 14.0. The standard InChI is InChI=1S/C19H29NO2/c1-3-20(4-2)16-10-5-6-11-17-22-19(21)15-14-18-12-8-7-9-13-18/h7-9,12-15H,3-6,10-11,16-17H2,1-2H3. The molecule has 3 nitrogen and oxygen atoms in total. The number of benzene rings is 1. The van der Waals surface area contributed by atoms with Gasteiger partial charge in [-0.05, 0) is 44.1 Å². The van der Waals surface area contributed by atoms with Crippen LogP contribution >= 0.6 is 0 Å². The van der Waals surface area contributed by atoms with Crippen molar-refractivity contribution >= 4 is 12.0 Å². The molecule has 0 N–H and O–H groups in total. The van der Waals surface area contributed by atoms with Crippen molar-refractivity contribution in [3.8, 4) is 0 Å². The Bertz CT molecular complexity index is 424. The summed E-state index contributed by atoms with van der Waals surface area (Å²) in [7, 11) is 0. The summed E-state index contributed by atoms with van der Waals surface area (Å²) < 4.78 is 5.20. The monoisotopic (exact) mass is 303 g/mol. The van der Waals surface area contributed by atoms with Crippen molar-refractivity contribution in [2.75, 3.05) is 26.2 Å². The third kappa shape index (κ3) is 8.63. The van der Waals surface area contributed by atoms with E-state index in [0.29, 0.717) is 6.61 Å². The quantitative estimate of drug-likeness (QED) is 0.349. The van der Waals surface area contributed by atoms with Crippen molar-refractivity contribution in [3.05, 3.63) is 42.0 Å². The van der Waals surface area contributed by atoms with Crippen LogP contribution in [0.3, 0.4) is 0 Å². The van der Waals surface area contributed by atoms with E-state index in [-0.39, 0.29) is 5.97 Å². The van der Waals surface area contributed by atoms with E-state index in [0.717, 1.165) is 31.5 Å². The van der Waals surface area contributed by atoms with E-state index in [1.807, 2.05) is 30.3 Å². The lowest BCUT2D eigenvalue weighted by molar-refractivity contribution is -0.137. The second-order valence-corrected chi connectivity index (χ2v) is 5.35. The van der Waals surface area contributed by atoms with Crippen LogP contribution in [0.2, 0.25) is 0 Å². The molecule has 0 spiro atoms. The van der Waals surface area contributed by atoms with Crippen LogP contribution in [0.15, 0.2) is 36.4 Å². The van der Waals surface area contributed by atoms with Gasteiger partial charge >= 0.3 is 5.97 Å². The predicted molar refractivity (Wildman–Crippen MR) is 92.7 cm³/mol. The zero-order chi connectivity index (χ0) is 16.0. The van der Waals surface area contributed by atoms with Gasteiger partial charge in [0.05, 0.1) is 6.61 Å². The largest absolute Gasteiger partial charge is 0.463 e. The molecule has 0 radical (unpaired) electrons. The van der Waals surface area contributed by atoms with Crippen molar-refractivity contribution in [1.82, 2.24) is 4.90 Å². The van der Waals surface area contributed by atoms with Crippen LogP contribution in [-0.2, 0) is 9.53 Å². The molecule has 0 bridgehead atoms. The molecule has 0 amide bonds. The van der Waals surface area contributed by atoms with Gasteiger partial charge in [0.25, 0.3) is 0 Å². The highest BCUT2D eigenvalue weighted by atomic mass is 16.5. The highest BCUT2D eigenvalue weighted by Crippen LogP contribution is 2.04. The van der Waals surface area contributed by atoms with Crippen LogP contribution in [0.5, 0.6) is 0 Å². The first-order valence-corrected chi connectivity index (χ1v) is 8.38. The number of rotatable bonds is 11. The van der Waals surface area contributed by atoms with Gasteiger partial charge in [-0.15, -0.1) is 0 Å². The lowest BCUT2D eigenvalue weighted by Gasteiger charge is -2.17. The molecule has 0 aliphatic carbocycles. The van der Waals surface area contributed by atoms with Gasteiger partial charge in [0, 0.05) is 6.08 Å². The Morgan fingerprint density at radius 2 is 1.73 bits per heavy atom. The maximum atomic E-state index is 11.6. The molecule has 0 aliphatic heterocycles. The van der Waals surface area contributed by atoms with Crippen LogP contribution < -0.4 is 0 Å². The Labute approximate surface area is 135 Å². The lowest BCUT2D eigenvalue weighted by Crippen LogP contribution is -2.23. The Balaban J connectivity index is 2.02. The van der Waals surface area contributed by atoms with Gasteiger partial charge in [-0.25, -0.2) is 4.79 Å². The molecule has 0 fully saturated rings. The first-order valence-electron chi connectivity index (χ1n) is 8.38. The molecular formula is C19H29NO2. The lowest BCUT2D eigenvalue weighted by atomic mass is 10.2. The van der Waals surface area contributed by atoms with Gasteiger partial charge in [-0.1, -0.05) is 57.0 Å². The topological polar surface area (TPSA) is 29.5 Å². The normalized spacial score (nSPS) is 11.2. The maximum absolute atomic E-state index is 11.6. The predicted octanol–water partition coefficient (Wildman–Crippen LogP) is 4.15. The summed E-state index contributed by atoms with van der Waals surface area (Å²) >= 11 is 0. The van der Waals surface area contributed by atoms with Crippen molar-refractivity contribution in [3.63, 3.8) is 0 Å². The van der Waals surface area contributed by atoms with Gasteiger partial charge in [0.1, 0.15) is 0 Å². The Morgan fingerprint density at radius 1 is 1.05 bits per heavy atom. The fourth-order valence-corrected chi connectivity index (χ4v) is 2.28. The molecular weight excluding hydrogens is 274 g/mol. The van der Waals surface area contributed by atoms with E-state index in [2.05, 4.69) is 18.7 Å². The first kappa shape index (κ1) is 18.4. The highest BCUT2D eigenvalue weighted by Gasteiger charge is 1.99. The molecule has 1 rings (SSSR count). The number of hydrogen-bond acceptors (Lipinski definition) is 3. The average molecular weight is 303 g/mol. The van der Waals surface area contributed by atoms with Gasteiger partial charge in [-0.3, -0.25) is 0 Å². The van der Waals surface area contributed by atoms with Crippen molar-refractivity contribution in [1.29, 1.82) is 0 Å². The molecule has 0 heterocycles. The average Bonchev–Trinajstić information content (AvgIpc) is 2.56. The summed E-state index contributed by atoms with van der Waals surface area (Å²) in [5, 5.41) is 0. The highest BCUT2D eigenvalue weighted by molar-refractivity contribution is 5.86. The SMILES string of the molecule is CCN(CC)CCCCCCOC(=O)C=Cc1ccccc1. The van der Waals surface area contributed by atoms with E-state index in [1.165, 1.54) is 25.5 Å². The summed E-state index contributed by atoms with van der Waals surface area (Å²) in [6, 6.07) is 9.77. The molecule has 122 valence electrons. The number of carbonyl (C=O) groups excluding carboxylic acids is 1. The molecule has 22 heavy (non-hydrogen) atoms. The number of carbonyl (C=O) groups is 1. The summed E-state index contributed by atoms with van der Waals surface area (Å²) in [6.07, 6.45) is 7.78. The van der Waals surface area contributed by atoms with Crippen LogP contribution in [0.1, 0.15) is 45.1 Å². The van der Waals surface area contributed by atoms with E-state index in [1.54, 1.807) is 6.08 Å². The van der Waals surface area contributed by atoms with Gasteiger partial charge in [0.15, 0.2) is 0 Å². The summed E-state index contributed by atoms with van der Waals surface area (Å²) in [5.41, 5.74) is 1.01. The first-order chi connectivity index (χ1) is 10.8. The number of unbranched alkanes of at least 4 members (excludes halogenated alkanes) is 3. The van der Waals surface area contributed by atoms with E-state index < -0.39 is 0 Å². The minimum atomic E-state index is -0.257. The summed E-state index contributed by atoms with van der Waals surface area (Å²) in [4.78, 5) is 14.0. The van der Waals surface area contributed by atoms with Crippen LogP contribution in [0.4, 0.5) is 0 Å². The van der Waals surface area contributed by atoms with Gasteiger partial charge in [-0.2, -0.15) is 0 Å².